The molecule has 2 N–H and O–H groups in total. The Balaban J connectivity index is 2.26. The van der Waals surface area contributed by atoms with Crippen molar-refractivity contribution in [1.29, 1.82) is 0 Å². The number of hydrogen-bond donors (Lipinski definition) is 2. The van der Waals surface area contributed by atoms with Gasteiger partial charge in [0.15, 0.2) is 0 Å². The van der Waals surface area contributed by atoms with E-state index in [9.17, 15) is 9.59 Å². The molecule has 1 atom stereocenters. The summed E-state index contributed by atoms with van der Waals surface area (Å²) in [5.74, 6) is -1.17. The Morgan fingerprint density at radius 3 is 2.72 bits per heavy atom. The van der Waals surface area contributed by atoms with Gasteiger partial charge in [-0.15, -0.1) is 11.3 Å². The third-order valence-electron chi connectivity index (χ3n) is 2.50. The number of carboxylic acid groups (broad SMARTS) is 1. The van der Waals surface area contributed by atoms with Gasteiger partial charge < -0.3 is 10.4 Å². The average molecular weight is 334 g/mol. The van der Waals surface area contributed by atoms with Crippen molar-refractivity contribution >= 4 is 39.1 Å². The molecule has 4 nitrogen and oxygen atoms in total. The van der Waals surface area contributed by atoms with Crippen molar-refractivity contribution in [2.24, 2.45) is 0 Å². The molecule has 0 saturated carbocycles. The molecule has 0 fully saturated rings. The number of rotatable bonds is 7. The Bertz CT molecular complexity index is 419. The minimum absolute atomic E-state index is 0.195. The van der Waals surface area contributed by atoms with Crippen LogP contribution in [0.2, 0.25) is 0 Å². The zero-order valence-electron chi connectivity index (χ0n) is 10.1. The first-order chi connectivity index (χ1) is 8.52. The highest BCUT2D eigenvalue weighted by Gasteiger charge is 2.16. The Morgan fingerprint density at radius 2 is 2.22 bits per heavy atom. The molecule has 0 aliphatic rings. The fourth-order valence-corrected chi connectivity index (χ4v) is 3.04. The summed E-state index contributed by atoms with van der Waals surface area (Å²) in [6.45, 7) is 1.74. The summed E-state index contributed by atoms with van der Waals surface area (Å²) >= 11 is 5.04. The molecule has 6 heteroatoms. The quantitative estimate of drug-likeness (QED) is 0.806. The Kier molecular flexibility index (Phi) is 6.35. The predicted octanol–water partition coefficient (Wildman–Crippen LogP) is 2.81. The predicted molar refractivity (Wildman–Crippen MR) is 74.8 cm³/mol. The van der Waals surface area contributed by atoms with Gasteiger partial charge in [-0.05, 0) is 47.3 Å². The van der Waals surface area contributed by atoms with E-state index in [2.05, 4.69) is 21.2 Å². The van der Waals surface area contributed by atoms with Crippen LogP contribution in [0.5, 0.6) is 0 Å². The molecule has 100 valence electrons. The molecule has 0 spiro atoms. The normalized spacial score (nSPS) is 12.1. The topological polar surface area (TPSA) is 66.4 Å². The molecule has 1 amide bonds. The lowest BCUT2D eigenvalue weighted by molar-refractivity contribution is -0.141. The first kappa shape index (κ1) is 15.2. The van der Waals surface area contributed by atoms with Crippen LogP contribution in [0.15, 0.2) is 15.9 Å². The van der Waals surface area contributed by atoms with Crippen molar-refractivity contribution in [3.8, 4) is 0 Å². The average Bonchev–Trinajstić information content (AvgIpc) is 2.71. The number of halogens is 1. The molecular weight excluding hydrogens is 318 g/mol. The molecule has 1 rings (SSSR count). The smallest absolute Gasteiger partial charge is 0.326 e. The Morgan fingerprint density at radius 1 is 1.50 bits per heavy atom. The zero-order valence-corrected chi connectivity index (χ0v) is 12.5. The van der Waals surface area contributed by atoms with Crippen LogP contribution in [0.4, 0.5) is 0 Å². The minimum atomic E-state index is -0.979. The molecule has 1 heterocycles. The maximum Gasteiger partial charge on any atom is 0.326 e. The van der Waals surface area contributed by atoms with Gasteiger partial charge >= 0.3 is 5.97 Å². The van der Waals surface area contributed by atoms with Gasteiger partial charge in [0.25, 0.3) is 0 Å². The number of aryl methyl sites for hydroxylation is 1. The van der Waals surface area contributed by atoms with E-state index in [0.717, 1.165) is 16.6 Å². The first-order valence-electron chi connectivity index (χ1n) is 5.79. The van der Waals surface area contributed by atoms with Crippen LogP contribution < -0.4 is 5.32 Å². The Hall–Kier alpha value is -0.880. The molecule has 1 aromatic rings. The number of hydrogen-bond acceptors (Lipinski definition) is 3. The molecule has 18 heavy (non-hydrogen) atoms. The van der Waals surface area contributed by atoms with Gasteiger partial charge in [0, 0.05) is 11.3 Å². The van der Waals surface area contributed by atoms with Crippen molar-refractivity contribution in [1.82, 2.24) is 5.32 Å². The molecule has 0 radical (unpaired) electrons. The van der Waals surface area contributed by atoms with E-state index in [1.807, 2.05) is 12.1 Å². The van der Waals surface area contributed by atoms with Crippen molar-refractivity contribution < 1.29 is 14.7 Å². The van der Waals surface area contributed by atoms with E-state index < -0.39 is 12.0 Å². The van der Waals surface area contributed by atoms with E-state index in [1.165, 1.54) is 4.88 Å². The number of amides is 1. The van der Waals surface area contributed by atoms with E-state index in [4.69, 9.17) is 5.11 Å². The minimum Gasteiger partial charge on any atom is -0.480 e. The maximum atomic E-state index is 11.5. The highest BCUT2D eigenvalue weighted by atomic mass is 79.9. The van der Waals surface area contributed by atoms with E-state index in [1.54, 1.807) is 18.3 Å². The molecule has 0 aliphatic carbocycles. The molecule has 0 bridgehead atoms. The van der Waals surface area contributed by atoms with Crippen molar-refractivity contribution in [2.45, 2.75) is 38.6 Å². The van der Waals surface area contributed by atoms with E-state index >= 15 is 0 Å². The van der Waals surface area contributed by atoms with Gasteiger partial charge in [-0.3, -0.25) is 4.79 Å². The van der Waals surface area contributed by atoms with Gasteiger partial charge in [-0.2, -0.15) is 0 Å². The fraction of sp³-hybridized carbons (Fsp3) is 0.500. The second-order valence-electron chi connectivity index (χ2n) is 3.93. The highest BCUT2D eigenvalue weighted by molar-refractivity contribution is 9.11. The number of thiophene rings is 1. The summed E-state index contributed by atoms with van der Waals surface area (Å²) in [7, 11) is 0. The summed E-state index contributed by atoms with van der Waals surface area (Å²) in [5.41, 5.74) is 0. The number of aliphatic carboxylic acids is 1. The van der Waals surface area contributed by atoms with Crippen molar-refractivity contribution in [3.05, 3.63) is 20.8 Å². The van der Waals surface area contributed by atoms with Crippen LogP contribution in [-0.4, -0.2) is 23.0 Å². The van der Waals surface area contributed by atoms with Crippen molar-refractivity contribution in [3.63, 3.8) is 0 Å². The number of carbonyl (C=O) groups excluding carboxylic acids is 1. The standard InChI is InChI=1S/C12H16BrNO3S/c1-2-9(12(16)17)14-11(15)5-3-4-8-6-7-10(13)18-8/h6-7,9H,2-5H2,1H3,(H,14,15)(H,16,17)/t9-/m0/s1. The Labute approximate surface area is 119 Å². The summed E-state index contributed by atoms with van der Waals surface area (Å²) in [4.78, 5) is 23.5. The van der Waals surface area contributed by atoms with E-state index in [0.29, 0.717) is 12.8 Å². The summed E-state index contributed by atoms with van der Waals surface area (Å²) in [6, 6.07) is 3.24. The SMILES string of the molecule is CC[C@H](NC(=O)CCCc1ccc(Br)s1)C(=O)O. The van der Waals surface area contributed by atoms with Gasteiger partial charge in [-0.1, -0.05) is 6.92 Å². The summed E-state index contributed by atoms with van der Waals surface area (Å²) in [6.07, 6.45) is 2.33. The second kappa shape index (κ2) is 7.53. The van der Waals surface area contributed by atoms with Crippen molar-refractivity contribution in [2.75, 3.05) is 0 Å². The van der Waals surface area contributed by atoms with Crippen LogP contribution in [0.3, 0.4) is 0 Å². The lowest BCUT2D eigenvalue weighted by atomic mass is 10.2. The summed E-state index contributed by atoms with van der Waals surface area (Å²) < 4.78 is 1.08. The van der Waals surface area contributed by atoms with Gasteiger partial charge in [0.1, 0.15) is 6.04 Å². The molecule has 0 aliphatic heterocycles. The number of carbonyl (C=O) groups is 2. The van der Waals surface area contributed by atoms with Gasteiger partial charge in [-0.25, -0.2) is 4.79 Å². The van der Waals surface area contributed by atoms with Crippen LogP contribution >= 0.6 is 27.3 Å². The first-order valence-corrected chi connectivity index (χ1v) is 7.40. The molecular formula is C12H16BrNO3S. The fourth-order valence-electron chi connectivity index (χ4n) is 1.51. The molecule has 1 aromatic heterocycles. The summed E-state index contributed by atoms with van der Waals surface area (Å²) in [5, 5.41) is 11.3. The van der Waals surface area contributed by atoms with Gasteiger partial charge in [0.2, 0.25) is 5.91 Å². The maximum absolute atomic E-state index is 11.5. The molecule has 0 saturated heterocycles. The van der Waals surface area contributed by atoms with E-state index in [-0.39, 0.29) is 5.91 Å². The molecule has 0 unspecified atom stereocenters. The van der Waals surface area contributed by atoms with Crippen LogP contribution in [0.1, 0.15) is 31.1 Å². The number of nitrogens with one attached hydrogen (secondary N) is 1. The van der Waals surface area contributed by atoms with Crippen LogP contribution in [0, 0.1) is 0 Å². The third kappa shape index (κ3) is 5.18. The highest BCUT2D eigenvalue weighted by Crippen LogP contribution is 2.23. The largest absolute Gasteiger partial charge is 0.480 e. The van der Waals surface area contributed by atoms with Crippen LogP contribution in [-0.2, 0) is 16.0 Å². The second-order valence-corrected chi connectivity index (χ2v) is 6.47. The lowest BCUT2D eigenvalue weighted by Gasteiger charge is -2.11. The lowest BCUT2D eigenvalue weighted by Crippen LogP contribution is -2.40. The van der Waals surface area contributed by atoms with Gasteiger partial charge in [0.05, 0.1) is 3.79 Å². The molecule has 0 aromatic carbocycles. The van der Waals surface area contributed by atoms with Crippen LogP contribution in [0.25, 0.3) is 0 Å². The monoisotopic (exact) mass is 333 g/mol. The zero-order chi connectivity index (χ0) is 13.5. The third-order valence-corrected chi connectivity index (χ3v) is 4.18. The number of carboxylic acids is 1.